The van der Waals surface area contributed by atoms with Gasteiger partial charge < -0.3 is 10.0 Å². The number of rotatable bonds is 4. The van der Waals surface area contributed by atoms with E-state index in [4.69, 9.17) is 4.98 Å². The maximum absolute atomic E-state index is 13.0. The molecule has 6 heteroatoms. The monoisotopic (exact) mass is 350 g/mol. The van der Waals surface area contributed by atoms with Crippen molar-refractivity contribution in [2.75, 3.05) is 18.1 Å². The number of pyridine rings is 1. The van der Waals surface area contributed by atoms with E-state index >= 15 is 0 Å². The van der Waals surface area contributed by atoms with Crippen LogP contribution in [0.5, 0.6) is 0 Å². The topological polar surface area (TPSA) is 71.2 Å². The Hall–Kier alpha value is -2.73. The summed E-state index contributed by atoms with van der Waals surface area (Å²) in [7, 11) is 0. The molecule has 0 amide bonds. The van der Waals surface area contributed by atoms with Gasteiger partial charge in [-0.3, -0.25) is 14.3 Å². The first-order valence-electron chi connectivity index (χ1n) is 8.98. The Labute approximate surface area is 151 Å². The highest BCUT2D eigenvalue weighted by Gasteiger charge is 2.30. The van der Waals surface area contributed by atoms with Gasteiger partial charge in [0.05, 0.1) is 30.1 Å². The zero-order valence-corrected chi connectivity index (χ0v) is 14.8. The third-order valence-corrected chi connectivity index (χ3v) is 4.98. The molecule has 1 aliphatic rings. The van der Waals surface area contributed by atoms with Crippen LogP contribution in [-0.2, 0) is 6.54 Å². The van der Waals surface area contributed by atoms with Crippen molar-refractivity contribution in [1.29, 1.82) is 0 Å². The molecule has 1 atom stereocenters. The first-order valence-corrected chi connectivity index (χ1v) is 8.98. The molecule has 0 saturated carbocycles. The van der Waals surface area contributed by atoms with Gasteiger partial charge in [0.15, 0.2) is 0 Å². The number of aliphatic hydroxyl groups excluding tert-OH is 1. The fourth-order valence-corrected chi connectivity index (χ4v) is 3.81. The number of hydrogen-bond acceptors (Lipinski definition) is 5. The summed E-state index contributed by atoms with van der Waals surface area (Å²) in [6.07, 6.45) is 3.78. The van der Waals surface area contributed by atoms with E-state index in [0.29, 0.717) is 10.9 Å². The van der Waals surface area contributed by atoms with E-state index in [1.165, 1.54) is 0 Å². The van der Waals surface area contributed by atoms with Gasteiger partial charge in [0.1, 0.15) is 5.82 Å². The molecule has 0 aliphatic carbocycles. The number of hydrogen-bond donors (Lipinski definition) is 1. The predicted molar refractivity (Wildman–Crippen MR) is 101 cm³/mol. The number of anilines is 1. The SMILES string of the molecule is Cc1cc(N2CCCC2c2nc3ccccc3c(=O)n2CCO)ccn1. The van der Waals surface area contributed by atoms with Gasteiger partial charge in [-0.05, 0) is 44.0 Å². The van der Waals surface area contributed by atoms with Crippen molar-refractivity contribution in [3.63, 3.8) is 0 Å². The maximum atomic E-state index is 13.0. The highest BCUT2D eigenvalue weighted by atomic mass is 16.3. The van der Waals surface area contributed by atoms with Crippen molar-refractivity contribution in [1.82, 2.24) is 14.5 Å². The lowest BCUT2D eigenvalue weighted by Gasteiger charge is -2.28. The number of para-hydroxylation sites is 1. The number of nitrogens with zero attached hydrogens (tertiary/aromatic N) is 4. The summed E-state index contributed by atoms with van der Waals surface area (Å²) in [6, 6.07) is 11.5. The first kappa shape index (κ1) is 16.7. The lowest BCUT2D eigenvalue weighted by molar-refractivity contribution is 0.270. The van der Waals surface area contributed by atoms with E-state index < -0.39 is 0 Å². The van der Waals surface area contributed by atoms with Gasteiger partial charge in [-0.25, -0.2) is 4.98 Å². The third-order valence-electron chi connectivity index (χ3n) is 4.98. The largest absolute Gasteiger partial charge is 0.395 e. The van der Waals surface area contributed by atoms with E-state index in [0.717, 1.165) is 36.6 Å². The second-order valence-corrected chi connectivity index (χ2v) is 6.67. The molecule has 1 saturated heterocycles. The molecule has 3 aromatic rings. The van der Waals surface area contributed by atoms with Gasteiger partial charge in [-0.2, -0.15) is 0 Å². The summed E-state index contributed by atoms with van der Waals surface area (Å²) in [5, 5.41) is 10.1. The molecular formula is C20H22N4O2. The second kappa shape index (κ2) is 6.88. The van der Waals surface area contributed by atoms with Crippen LogP contribution in [0.25, 0.3) is 10.9 Å². The Balaban J connectivity index is 1.86. The quantitative estimate of drug-likeness (QED) is 0.782. The standard InChI is InChI=1S/C20H22N4O2/c1-14-13-15(8-9-21-14)23-10-4-7-18(23)19-22-17-6-3-2-5-16(17)20(26)24(19)11-12-25/h2-3,5-6,8-9,13,18,25H,4,7,10-12H2,1H3. The Kier molecular flexibility index (Phi) is 4.42. The fraction of sp³-hybridized carbons (Fsp3) is 0.350. The molecule has 1 unspecified atom stereocenters. The predicted octanol–water partition coefficient (Wildman–Crippen LogP) is 2.43. The molecule has 2 aromatic heterocycles. The van der Waals surface area contributed by atoms with Crippen molar-refractivity contribution in [2.45, 2.75) is 32.4 Å². The molecule has 1 aliphatic heterocycles. The summed E-state index contributed by atoms with van der Waals surface area (Å²) in [6.45, 7) is 3.06. The van der Waals surface area contributed by atoms with Crippen LogP contribution in [0.2, 0.25) is 0 Å². The zero-order chi connectivity index (χ0) is 18.1. The van der Waals surface area contributed by atoms with Gasteiger partial charge >= 0.3 is 0 Å². The molecule has 6 nitrogen and oxygen atoms in total. The van der Waals surface area contributed by atoms with E-state index in [1.54, 1.807) is 10.6 Å². The maximum Gasteiger partial charge on any atom is 0.261 e. The zero-order valence-electron chi connectivity index (χ0n) is 14.8. The van der Waals surface area contributed by atoms with Crippen molar-refractivity contribution < 1.29 is 5.11 Å². The van der Waals surface area contributed by atoms with Crippen LogP contribution in [0.3, 0.4) is 0 Å². The van der Waals surface area contributed by atoms with Crippen molar-refractivity contribution in [2.24, 2.45) is 0 Å². The van der Waals surface area contributed by atoms with Crippen LogP contribution in [0.4, 0.5) is 5.69 Å². The molecule has 1 N–H and O–H groups in total. The van der Waals surface area contributed by atoms with E-state index in [1.807, 2.05) is 37.4 Å². The number of aromatic nitrogens is 3. The summed E-state index contributed by atoms with van der Waals surface area (Å²) in [5.41, 5.74) is 2.68. The summed E-state index contributed by atoms with van der Waals surface area (Å²) >= 11 is 0. The van der Waals surface area contributed by atoms with E-state index in [9.17, 15) is 9.90 Å². The molecule has 0 spiro atoms. The van der Waals surface area contributed by atoms with Crippen LogP contribution in [-0.4, -0.2) is 32.8 Å². The molecular weight excluding hydrogens is 328 g/mol. The summed E-state index contributed by atoms with van der Waals surface area (Å²) in [5.74, 6) is 0.731. The highest BCUT2D eigenvalue weighted by molar-refractivity contribution is 5.77. The minimum Gasteiger partial charge on any atom is -0.395 e. The van der Waals surface area contributed by atoms with Crippen LogP contribution >= 0.6 is 0 Å². The van der Waals surface area contributed by atoms with Gasteiger partial charge in [0.2, 0.25) is 0 Å². The third kappa shape index (κ3) is 2.86. The molecule has 4 rings (SSSR count). The molecule has 1 fully saturated rings. The van der Waals surface area contributed by atoms with Crippen LogP contribution in [0.1, 0.15) is 30.4 Å². The molecule has 134 valence electrons. The molecule has 26 heavy (non-hydrogen) atoms. The molecule has 0 bridgehead atoms. The van der Waals surface area contributed by atoms with Crippen molar-refractivity contribution >= 4 is 16.6 Å². The van der Waals surface area contributed by atoms with Crippen molar-refractivity contribution in [3.8, 4) is 0 Å². The van der Waals surface area contributed by atoms with E-state index in [2.05, 4.69) is 16.0 Å². The normalized spacial score (nSPS) is 17.2. The van der Waals surface area contributed by atoms with E-state index in [-0.39, 0.29) is 24.8 Å². The van der Waals surface area contributed by atoms with Gasteiger partial charge in [-0.15, -0.1) is 0 Å². The van der Waals surface area contributed by atoms with Crippen LogP contribution in [0.15, 0.2) is 47.4 Å². The fourth-order valence-electron chi connectivity index (χ4n) is 3.81. The minimum atomic E-state index is -0.0893. The number of benzene rings is 1. The number of aliphatic hydroxyl groups is 1. The summed E-state index contributed by atoms with van der Waals surface area (Å²) in [4.78, 5) is 24.4. The lowest BCUT2D eigenvalue weighted by Crippen LogP contribution is -2.33. The van der Waals surface area contributed by atoms with Crippen LogP contribution in [0, 0.1) is 6.92 Å². The Morgan fingerprint density at radius 3 is 2.92 bits per heavy atom. The van der Waals surface area contributed by atoms with Crippen molar-refractivity contribution in [3.05, 3.63) is 64.5 Å². The van der Waals surface area contributed by atoms with Gasteiger partial charge in [-0.1, -0.05) is 12.1 Å². The second-order valence-electron chi connectivity index (χ2n) is 6.67. The van der Waals surface area contributed by atoms with Gasteiger partial charge in [0, 0.05) is 24.1 Å². The summed E-state index contributed by atoms with van der Waals surface area (Å²) < 4.78 is 1.64. The number of aryl methyl sites for hydroxylation is 1. The van der Waals surface area contributed by atoms with Gasteiger partial charge in [0.25, 0.3) is 5.56 Å². The highest BCUT2D eigenvalue weighted by Crippen LogP contribution is 2.35. The average Bonchev–Trinajstić information content (AvgIpc) is 3.14. The minimum absolute atomic E-state index is 0.0145. The molecule has 1 aromatic carbocycles. The Morgan fingerprint density at radius 1 is 1.27 bits per heavy atom. The van der Waals surface area contributed by atoms with Crippen LogP contribution < -0.4 is 10.5 Å². The first-order chi connectivity index (χ1) is 12.7. The average molecular weight is 350 g/mol. The lowest BCUT2D eigenvalue weighted by atomic mass is 10.1. The Bertz CT molecular complexity index is 999. The molecule has 0 radical (unpaired) electrons. The smallest absolute Gasteiger partial charge is 0.261 e. The number of fused-ring (bicyclic) bond motifs is 1. The molecule has 3 heterocycles. The Morgan fingerprint density at radius 2 is 2.12 bits per heavy atom.